The minimum atomic E-state index is -3.83. The molecule has 2 rings (SSSR count). The van der Waals surface area contributed by atoms with Crippen LogP contribution in [0.3, 0.4) is 0 Å². The molecule has 2 aromatic carbocycles. The summed E-state index contributed by atoms with van der Waals surface area (Å²) in [4.78, 5) is 25.2. The first kappa shape index (κ1) is 21.4. The van der Waals surface area contributed by atoms with Crippen molar-refractivity contribution in [3.63, 3.8) is 0 Å². The molecule has 8 heteroatoms. The highest BCUT2D eigenvalue weighted by molar-refractivity contribution is 7.92. The first-order valence-electron chi connectivity index (χ1n) is 8.83. The first-order chi connectivity index (χ1) is 13.2. The topological polar surface area (TPSA) is 86.8 Å². The fourth-order valence-electron chi connectivity index (χ4n) is 2.44. The van der Waals surface area contributed by atoms with E-state index in [2.05, 4.69) is 5.32 Å². The number of sulfonamides is 1. The number of nitrogens with one attached hydrogen (secondary N) is 1. The molecule has 7 nitrogen and oxygen atoms in total. The van der Waals surface area contributed by atoms with E-state index in [0.717, 1.165) is 5.56 Å². The van der Waals surface area contributed by atoms with E-state index in [-0.39, 0.29) is 30.3 Å². The minimum Gasteiger partial charge on any atom is -0.347 e. The van der Waals surface area contributed by atoms with Crippen LogP contribution in [0.15, 0.2) is 59.5 Å². The molecule has 0 aromatic heterocycles. The van der Waals surface area contributed by atoms with Gasteiger partial charge >= 0.3 is 0 Å². The monoisotopic (exact) mass is 403 g/mol. The smallest absolute Gasteiger partial charge is 0.264 e. The molecule has 0 atom stereocenters. The van der Waals surface area contributed by atoms with Gasteiger partial charge in [-0.3, -0.25) is 13.9 Å². The van der Waals surface area contributed by atoms with Crippen molar-refractivity contribution in [2.75, 3.05) is 31.5 Å². The van der Waals surface area contributed by atoms with Crippen LogP contribution in [0.5, 0.6) is 0 Å². The van der Waals surface area contributed by atoms with E-state index in [4.69, 9.17) is 0 Å². The van der Waals surface area contributed by atoms with Crippen molar-refractivity contribution in [2.24, 2.45) is 0 Å². The number of carbonyl (C=O) groups excluding carboxylic acids is 2. The maximum absolute atomic E-state index is 13.1. The van der Waals surface area contributed by atoms with Gasteiger partial charge in [-0.2, -0.15) is 0 Å². The van der Waals surface area contributed by atoms with Gasteiger partial charge in [0.2, 0.25) is 11.8 Å². The zero-order valence-electron chi connectivity index (χ0n) is 16.3. The Morgan fingerprint density at radius 2 is 1.57 bits per heavy atom. The highest BCUT2D eigenvalue weighted by atomic mass is 32.2. The second kappa shape index (κ2) is 9.36. The molecule has 2 aromatic rings. The van der Waals surface area contributed by atoms with Crippen molar-refractivity contribution in [3.8, 4) is 0 Å². The number of amides is 2. The van der Waals surface area contributed by atoms with Crippen molar-refractivity contribution in [1.29, 1.82) is 0 Å². The summed E-state index contributed by atoms with van der Waals surface area (Å²) in [6.45, 7) is 1.72. The molecule has 0 fully saturated rings. The maximum Gasteiger partial charge on any atom is 0.264 e. The number of likely N-dealkylation sites (N-methyl/N-ethyl adjacent to an activating group) is 1. The molecule has 0 aliphatic carbocycles. The lowest BCUT2D eigenvalue weighted by molar-refractivity contribution is -0.130. The van der Waals surface area contributed by atoms with Crippen LogP contribution in [-0.2, 0) is 19.6 Å². The summed E-state index contributed by atoms with van der Waals surface area (Å²) in [7, 11) is -0.639. The number of rotatable bonds is 8. The van der Waals surface area contributed by atoms with Crippen molar-refractivity contribution in [1.82, 2.24) is 10.2 Å². The molecule has 0 spiro atoms. The fraction of sp³-hybridized carbons (Fsp3) is 0.300. The molecule has 0 radical (unpaired) electrons. The van der Waals surface area contributed by atoms with Crippen LogP contribution < -0.4 is 9.62 Å². The van der Waals surface area contributed by atoms with E-state index in [0.29, 0.717) is 5.69 Å². The summed E-state index contributed by atoms with van der Waals surface area (Å²) in [6, 6.07) is 15.2. The number of hydrogen-bond acceptors (Lipinski definition) is 4. The number of nitrogens with zero attached hydrogens (tertiary/aromatic N) is 2. The van der Waals surface area contributed by atoms with Crippen LogP contribution in [0.4, 0.5) is 5.69 Å². The minimum absolute atomic E-state index is 0.0395. The van der Waals surface area contributed by atoms with E-state index in [1.807, 2.05) is 6.92 Å². The Labute approximate surface area is 166 Å². The molecule has 0 bridgehead atoms. The Hall–Kier alpha value is -2.87. The van der Waals surface area contributed by atoms with E-state index < -0.39 is 15.9 Å². The molecular weight excluding hydrogens is 378 g/mol. The van der Waals surface area contributed by atoms with Gasteiger partial charge < -0.3 is 10.2 Å². The third kappa shape index (κ3) is 5.56. The Balaban J connectivity index is 2.18. The molecule has 0 saturated heterocycles. The van der Waals surface area contributed by atoms with Crippen LogP contribution in [0.25, 0.3) is 0 Å². The summed E-state index contributed by atoms with van der Waals surface area (Å²) >= 11 is 0. The molecule has 0 aliphatic rings. The van der Waals surface area contributed by atoms with Crippen LogP contribution in [0.2, 0.25) is 0 Å². The second-order valence-corrected chi connectivity index (χ2v) is 8.40. The molecule has 0 aliphatic heterocycles. The van der Waals surface area contributed by atoms with Gasteiger partial charge in [0.1, 0.15) is 0 Å². The Morgan fingerprint density at radius 1 is 0.964 bits per heavy atom. The summed E-state index contributed by atoms with van der Waals surface area (Å²) in [5.41, 5.74) is 1.43. The van der Waals surface area contributed by atoms with Crippen LogP contribution in [0, 0.1) is 6.92 Å². The van der Waals surface area contributed by atoms with Crippen molar-refractivity contribution in [2.45, 2.75) is 18.2 Å². The quantitative estimate of drug-likeness (QED) is 0.728. The van der Waals surface area contributed by atoms with Crippen molar-refractivity contribution < 1.29 is 18.0 Å². The molecule has 0 saturated carbocycles. The summed E-state index contributed by atoms with van der Waals surface area (Å²) in [6.07, 6.45) is -0.0688. The summed E-state index contributed by atoms with van der Waals surface area (Å²) in [5, 5.41) is 2.52. The molecule has 1 N–H and O–H groups in total. The Morgan fingerprint density at radius 3 is 2.14 bits per heavy atom. The van der Waals surface area contributed by atoms with Gasteiger partial charge in [0, 0.05) is 27.1 Å². The first-order valence-corrected chi connectivity index (χ1v) is 10.3. The fourth-order valence-corrected chi connectivity index (χ4v) is 3.91. The maximum atomic E-state index is 13.1. The Kier molecular flexibility index (Phi) is 7.17. The number of anilines is 1. The van der Waals surface area contributed by atoms with Crippen LogP contribution in [-0.4, -0.2) is 52.3 Å². The van der Waals surface area contributed by atoms with Gasteiger partial charge in [-0.15, -0.1) is 0 Å². The lowest BCUT2D eigenvalue weighted by atomic mass is 10.2. The second-order valence-electron chi connectivity index (χ2n) is 6.54. The highest BCUT2D eigenvalue weighted by Gasteiger charge is 2.25. The van der Waals surface area contributed by atoms with Gasteiger partial charge in [-0.05, 0) is 31.2 Å². The molecule has 2 amide bonds. The molecule has 0 heterocycles. The van der Waals surface area contributed by atoms with Crippen LogP contribution >= 0.6 is 0 Å². The van der Waals surface area contributed by atoms with E-state index >= 15 is 0 Å². The molecular formula is C20H25N3O4S. The largest absolute Gasteiger partial charge is 0.347 e. The number of carbonyl (C=O) groups is 2. The highest BCUT2D eigenvalue weighted by Crippen LogP contribution is 2.24. The third-order valence-electron chi connectivity index (χ3n) is 4.13. The predicted octanol–water partition coefficient (Wildman–Crippen LogP) is 1.78. The molecule has 28 heavy (non-hydrogen) atoms. The van der Waals surface area contributed by atoms with Crippen LogP contribution in [0.1, 0.15) is 12.0 Å². The zero-order valence-corrected chi connectivity index (χ0v) is 17.1. The standard InChI is InChI=1S/C20H25N3O4S/c1-16-9-11-18(12-10-16)28(26,27)23(17-7-5-4-6-8-17)14-13-19(24)21-15-20(25)22(2)3/h4-12H,13-15H2,1-3H3,(H,21,24). The van der Waals surface area contributed by atoms with E-state index in [1.165, 1.54) is 9.21 Å². The van der Waals surface area contributed by atoms with Gasteiger partial charge in [-0.25, -0.2) is 8.42 Å². The normalized spacial score (nSPS) is 11.0. The molecule has 150 valence electrons. The summed E-state index contributed by atoms with van der Waals surface area (Å²) < 4.78 is 27.5. The van der Waals surface area contributed by atoms with Gasteiger partial charge in [0.15, 0.2) is 0 Å². The third-order valence-corrected chi connectivity index (χ3v) is 5.97. The Bertz CT molecular complexity index is 910. The van der Waals surface area contributed by atoms with Gasteiger partial charge in [0.05, 0.1) is 17.1 Å². The van der Waals surface area contributed by atoms with Crippen molar-refractivity contribution >= 4 is 27.5 Å². The lowest BCUT2D eigenvalue weighted by Crippen LogP contribution is -2.39. The lowest BCUT2D eigenvalue weighted by Gasteiger charge is -2.24. The number of para-hydroxylation sites is 1. The number of aryl methyl sites for hydroxylation is 1. The van der Waals surface area contributed by atoms with Gasteiger partial charge in [-0.1, -0.05) is 35.9 Å². The van der Waals surface area contributed by atoms with E-state index in [9.17, 15) is 18.0 Å². The van der Waals surface area contributed by atoms with E-state index in [1.54, 1.807) is 68.7 Å². The average Bonchev–Trinajstić information content (AvgIpc) is 2.67. The number of hydrogen-bond donors (Lipinski definition) is 1. The average molecular weight is 404 g/mol. The van der Waals surface area contributed by atoms with Crippen molar-refractivity contribution in [3.05, 3.63) is 60.2 Å². The summed E-state index contributed by atoms with van der Waals surface area (Å²) in [5.74, 6) is -0.629. The molecule has 0 unspecified atom stereocenters. The zero-order chi connectivity index (χ0) is 20.7. The predicted molar refractivity (Wildman–Crippen MR) is 108 cm³/mol. The van der Waals surface area contributed by atoms with Gasteiger partial charge in [0.25, 0.3) is 10.0 Å². The number of benzene rings is 2. The SMILES string of the molecule is Cc1ccc(S(=O)(=O)N(CCC(=O)NCC(=O)N(C)C)c2ccccc2)cc1.